The van der Waals surface area contributed by atoms with E-state index in [0.717, 1.165) is 17.9 Å². The van der Waals surface area contributed by atoms with Crippen molar-refractivity contribution in [2.75, 3.05) is 18.1 Å². The predicted molar refractivity (Wildman–Crippen MR) is 83.0 cm³/mol. The molecule has 0 aromatic heterocycles. The molecule has 2 aromatic rings. The lowest BCUT2D eigenvalue weighted by Crippen LogP contribution is -2.22. The van der Waals surface area contributed by atoms with E-state index in [1.165, 1.54) is 21.2 Å². The largest absolute Gasteiger partial charge is 0.396 e. The second-order valence-electron chi connectivity index (χ2n) is 4.45. The van der Waals surface area contributed by atoms with Crippen molar-refractivity contribution in [3.63, 3.8) is 0 Å². The van der Waals surface area contributed by atoms with E-state index in [4.69, 9.17) is 5.11 Å². The lowest BCUT2D eigenvalue weighted by Gasteiger charge is -2.32. The summed E-state index contributed by atoms with van der Waals surface area (Å²) in [5.74, 6) is 0. The molecule has 0 unspecified atom stereocenters. The Morgan fingerprint density at radius 3 is 2.68 bits per heavy atom. The van der Waals surface area contributed by atoms with Gasteiger partial charge in [0.05, 0.1) is 11.4 Å². The highest BCUT2D eigenvalue weighted by molar-refractivity contribution is 7.99. The third kappa shape index (κ3) is 2.48. The number of hydrogen-bond donors (Lipinski definition) is 2. The minimum Gasteiger partial charge on any atom is -0.396 e. The molecule has 1 heterocycles. The van der Waals surface area contributed by atoms with Crippen molar-refractivity contribution in [3.8, 4) is 0 Å². The Balaban J connectivity index is 2.08. The SMILES string of the molecule is OCCCN1c2ccccc2Sc2ccc(S)cc21. The molecule has 0 saturated heterocycles. The molecule has 2 aromatic carbocycles. The van der Waals surface area contributed by atoms with Gasteiger partial charge in [0, 0.05) is 27.8 Å². The van der Waals surface area contributed by atoms with E-state index < -0.39 is 0 Å². The van der Waals surface area contributed by atoms with Crippen LogP contribution in [0.3, 0.4) is 0 Å². The molecule has 0 aliphatic carbocycles. The van der Waals surface area contributed by atoms with Crippen LogP contribution in [0.2, 0.25) is 0 Å². The molecule has 0 bridgehead atoms. The monoisotopic (exact) mass is 289 g/mol. The van der Waals surface area contributed by atoms with Crippen LogP contribution < -0.4 is 4.90 Å². The molecule has 1 aliphatic heterocycles. The van der Waals surface area contributed by atoms with Gasteiger partial charge in [-0.2, -0.15) is 0 Å². The van der Waals surface area contributed by atoms with E-state index in [2.05, 4.69) is 53.9 Å². The number of benzene rings is 2. The van der Waals surface area contributed by atoms with Gasteiger partial charge in [0.25, 0.3) is 0 Å². The summed E-state index contributed by atoms with van der Waals surface area (Å²) in [7, 11) is 0. The number of para-hydroxylation sites is 1. The summed E-state index contributed by atoms with van der Waals surface area (Å²) < 4.78 is 0. The van der Waals surface area contributed by atoms with Gasteiger partial charge in [-0.25, -0.2) is 0 Å². The number of hydrogen-bond acceptors (Lipinski definition) is 4. The Morgan fingerprint density at radius 2 is 1.84 bits per heavy atom. The zero-order chi connectivity index (χ0) is 13.2. The van der Waals surface area contributed by atoms with Crippen LogP contribution >= 0.6 is 24.4 Å². The molecule has 0 fully saturated rings. The lowest BCUT2D eigenvalue weighted by molar-refractivity contribution is 0.290. The van der Waals surface area contributed by atoms with Crippen LogP contribution in [0.15, 0.2) is 57.2 Å². The average Bonchev–Trinajstić information content (AvgIpc) is 2.44. The van der Waals surface area contributed by atoms with Gasteiger partial charge in [0.1, 0.15) is 0 Å². The van der Waals surface area contributed by atoms with Gasteiger partial charge in [-0.1, -0.05) is 23.9 Å². The predicted octanol–water partition coefficient (Wildman–Crippen LogP) is 3.96. The van der Waals surface area contributed by atoms with Gasteiger partial charge in [0.15, 0.2) is 0 Å². The highest BCUT2D eigenvalue weighted by Gasteiger charge is 2.22. The third-order valence-electron chi connectivity index (χ3n) is 3.15. The minimum absolute atomic E-state index is 0.210. The molecule has 19 heavy (non-hydrogen) atoms. The van der Waals surface area contributed by atoms with Crippen LogP contribution in [0.4, 0.5) is 11.4 Å². The summed E-state index contributed by atoms with van der Waals surface area (Å²) in [5, 5.41) is 9.10. The lowest BCUT2D eigenvalue weighted by atomic mass is 10.2. The first-order valence-corrected chi connectivity index (χ1v) is 7.54. The number of fused-ring (bicyclic) bond motifs is 2. The summed E-state index contributed by atoms with van der Waals surface area (Å²) in [4.78, 5) is 5.75. The first kappa shape index (κ1) is 12.9. The number of nitrogens with zero attached hydrogens (tertiary/aromatic N) is 1. The van der Waals surface area contributed by atoms with E-state index in [9.17, 15) is 0 Å². The number of anilines is 2. The zero-order valence-electron chi connectivity index (χ0n) is 10.4. The van der Waals surface area contributed by atoms with Crippen LogP contribution in [-0.2, 0) is 0 Å². The molecular weight excluding hydrogens is 274 g/mol. The maximum Gasteiger partial charge on any atom is 0.0564 e. The summed E-state index contributed by atoms with van der Waals surface area (Å²) in [6, 6.07) is 14.6. The number of aliphatic hydroxyl groups is 1. The van der Waals surface area contributed by atoms with E-state index in [1.54, 1.807) is 11.8 Å². The van der Waals surface area contributed by atoms with Crippen molar-refractivity contribution < 1.29 is 5.11 Å². The second-order valence-corrected chi connectivity index (χ2v) is 6.05. The fraction of sp³-hybridized carbons (Fsp3) is 0.200. The first-order chi connectivity index (χ1) is 9.29. The molecule has 0 amide bonds. The maximum atomic E-state index is 9.10. The molecule has 2 nitrogen and oxygen atoms in total. The number of thiol groups is 1. The fourth-order valence-electron chi connectivity index (χ4n) is 2.29. The highest BCUT2D eigenvalue weighted by Crippen LogP contribution is 2.48. The summed E-state index contributed by atoms with van der Waals surface area (Å²) in [6.45, 7) is 1.03. The van der Waals surface area contributed by atoms with Crippen LogP contribution in [0.1, 0.15) is 6.42 Å². The van der Waals surface area contributed by atoms with Crippen molar-refractivity contribution in [3.05, 3.63) is 42.5 Å². The minimum atomic E-state index is 0.210. The molecule has 0 spiro atoms. The Kier molecular flexibility index (Phi) is 3.73. The Hall–Kier alpha value is -1.10. The van der Waals surface area contributed by atoms with Gasteiger partial charge >= 0.3 is 0 Å². The van der Waals surface area contributed by atoms with E-state index in [0.29, 0.717) is 0 Å². The molecule has 1 N–H and O–H groups in total. The smallest absolute Gasteiger partial charge is 0.0564 e. The second kappa shape index (κ2) is 5.49. The summed E-state index contributed by atoms with van der Waals surface area (Å²) in [6.07, 6.45) is 0.759. The number of aliphatic hydroxyl groups excluding tert-OH is 1. The normalized spacial score (nSPS) is 13.1. The van der Waals surface area contributed by atoms with Crippen LogP contribution in [0.5, 0.6) is 0 Å². The molecule has 3 rings (SSSR count). The first-order valence-electron chi connectivity index (χ1n) is 6.28. The Morgan fingerprint density at radius 1 is 1.05 bits per heavy atom. The average molecular weight is 289 g/mol. The van der Waals surface area contributed by atoms with E-state index >= 15 is 0 Å². The number of rotatable bonds is 3. The van der Waals surface area contributed by atoms with Crippen molar-refractivity contribution in [1.29, 1.82) is 0 Å². The Bertz CT molecular complexity index is 600. The van der Waals surface area contributed by atoms with Gasteiger partial charge in [-0.3, -0.25) is 0 Å². The van der Waals surface area contributed by atoms with Gasteiger partial charge in [-0.15, -0.1) is 12.6 Å². The summed E-state index contributed by atoms with van der Waals surface area (Å²) >= 11 is 6.23. The van der Waals surface area contributed by atoms with Crippen molar-refractivity contribution in [2.24, 2.45) is 0 Å². The third-order valence-corrected chi connectivity index (χ3v) is 4.56. The van der Waals surface area contributed by atoms with Crippen molar-refractivity contribution in [1.82, 2.24) is 0 Å². The van der Waals surface area contributed by atoms with Crippen molar-refractivity contribution >= 4 is 35.8 Å². The van der Waals surface area contributed by atoms with Crippen LogP contribution in [0, 0.1) is 0 Å². The molecule has 0 saturated carbocycles. The van der Waals surface area contributed by atoms with Crippen LogP contribution in [-0.4, -0.2) is 18.3 Å². The molecule has 4 heteroatoms. The fourth-order valence-corrected chi connectivity index (χ4v) is 3.56. The molecule has 0 atom stereocenters. The van der Waals surface area contributed by atoms with Crippen LogP contribution in [0.25, 0.3) is 0 Å². The van der Waals surface area contributed by atoms with E-state index in [-0.39, 0.29) is 6.61 Å². The van der Waals surface area contributed by atoms with Gasteiger partial charge in [0.2, 0.25) is 0 Å². The highest BCUT2D eigenvalue weighted by atomic mass is 32.2. The Labute approximate surface area is 122 Å². The quantitative estimate of drug-likeness (QED) is 0.836. The van der Waals surface area contributed by atoms with E-state index in [1.807, 2.05) is 6.07 Å². The molecule has 1 aliphatic rings. The van der Waals surface area contributed by atoms with Gasteiger partial charge < -0.3 is 10.0 Å². The topological polar surface area (TPSA) is 23.5 Å². The molecular formula is C15H15NOS2. The standard InChI is InChI=1S/C15H15NOS2/c17-9-3-8-16-12-4-1-2-5-14(12)19-15-7-6-11(18)10-13(15)16/h1-2,4-7,10,17-18H,3,8-9H2. The van der Waals surface area contributed by atoms with Gasteiger partial charge in [-0.05, 0) is 36.8 Å². The molecule has 0 radical (unpaired) electrons. The molecule has 98 valence electrons. The summed E-state index contributed by atoms with van der Waals surface area (Å²) in [5.41, 5.74) is 2.40. The maximum absolute atomic E-state index is 9.10. The zero-order valence-corrected chi connectivity index (χ0v) is 12.1. The van der Waals surface area contributed by atoms with Crippen molar-refractivity contribution in [2.45, 2.75) is 21.1 Å².